The normalized spacial score (nSPS) is 10.6. The van der Waals surface area contributed by atoms with E-state index in [1.54, 1.807) is 18.3 Å². The van der Waals surface area contributed by atoms with Crippen molar-refractivity contribution in [1.29, 1.82) is 0 Å². The van der Waals surface area contributed by atoms with Crippen molar-refractivity contribution < 1.29 is 19.4 Å². The molecule has 112 valence electrons. The van der Waals surface area contributed by atoms with Crippen LogP contribution in [0, 0.1) is 0 Å². The smallest absolute Gasteiger partial charge is 0.335 e. The molecular weight excluding hydrogens is 272 g/mol. The summed E-state index contributed by atoms with van der Waals surface area (Å²) in [6, 6.07) is 6.65. The molecule has 1 aromatic carbocycles. The second-order valence-corrected chi connectivity index (χ2v) is 4.78. The topological polar surface area (TPSA) is 73.6 Å². The average molecular weight is 290 g/mol. The summed E-state index contributed by atoms with van der Waals surface area (Å²) in [6.07, 6.45) is 3.49. The van der Waals surface area contributed by atoms with Crippen LogP contribution in [0.2, 0.25) is 0 Å². The fraction of sp³-hybridized carbons (Fsp3) is 0.333. The van der Waals surface area contributed by atoms with E-state index in [1.165, 1.54) is 12.1 Å². The number of benzene rings is 1. The van der Waals surface area contributed by atoms with Crippen LogP contribution in [-0.2, 0) is 0 Å². The number of aromatic nitrogens is 2. The standard InChI is InChI=1S/C15H18N2O4/c1-11(2)17-10-14(9-16-17)21-7-6-20-13-5-3-4-12(8-13)15(18)19/h3-5,8-11H,6-7H2,1-2H3,(H,18,19). The predicted molar refractivity (Wildman–Crippen MR) is 77.0 cm³/mol. The molecule has 0 spiro atoms. The molecule has 0 atom stereocenters. The van der Waals surface area contributed by atoms with Gasteiger partial charge in [-0.25, -0.2) is 4.79 Å². The molecule has 2 aromatic rings. The molecule has 0 saturated carbocycles. The second kappa shape index (κ2) is 6.78. The Morgan fingerprint density at radius 1 is 1.29 bits per heavy atom. The minimum absolute atomic E-state index is 0.201. The number of carbonyl (C=O) groups is 1. The summed E-state index contributed by atoms with van der Waals surface area (Å²) in [7, 11) is 0. The van der Waals surface area contributed by atoms with Gasteiger partial charge in [0.1, 0.15) is 19.0 Å². The molecule has 0 radical (unpaired) electrons. The number of ether oxygens (including phenoxy) is 2. The molecule has 6 heteroatoms. The Morgan fingerprint density at radius 3 is 2.62 bits per heavy atom. The van der Waals surface area contributed by atoms with Crippen molar-refractivity contribution in [3.05, 3.63) is 42.2 Å². The molecule has 0 unspecified atom stereocenters. The van der Waals surface area contributed by atoms with E-state index in [0.29, 0.717) is 24.7 Å². The molecule has 21 heavy (non-hydrogen) atoms. The van der Waals surface area contributed by atoms with Crippen molar-refractivity contribution >= 4 is 5.97 Å². The lowest BCUT2D eigenvalue weighted by atomic mass is 10.2. The van der Waals surface area contributed by atoms with Crippen LogP contribution in [0.15, 0.2) is 36.7 Å². The molecule has 1 heterocycles. The van der Waals surface area contributed by atoms with Crippen LogP contribution in [0.5, 0.6) is 11.5 Å². The van der Waals surface area contributed by atoms with Gasteiger partial charge in [-0.15, -0.1) is 0 Å². The maximum Gasteiger partial charge on any atom is 0.335 e. The van der Waals surface area contributed by atoms with Gasteiger partial charge in [0, 0.05) is 6.04 Å². The maximum atomic E-state index is 10.8. The summed E-state index contributed by atoms with van der Waals surface area (Å²) in [6.45, 7) is 4.77. The monoisotopic (exact) mass is 290 g/mol. The van der Waals surface area contributed by atoms with Crippen molar-refractivity contribution in [2.24, 2.45) is 0 Å². The van der Waals surface area contributed by atoms with Crippen LogP contribution in [0.4, 0.5) is 0 Å². The van der Waals surface area contributed by atoms with Gasteiger partial charge in [0.05, 0.1) is 18.0 Å². The zero-order chi connectivity index (χ0) is 15.2. The lowest BCUT2D eigenvalue weighted by Crippen LogP contribution is -2.09. The Kier molecular flexibility index (Phi) is 4.81. The lowest BCUT2D eigenvalue weighted by Gasteiger charge is -2.07. The Morgan fingerprint density at radius 2 is 2.00 bits per heavy atom. The van der Waals surface area contributed by atoms with Crippen LogP contribution >= 0.6 is 0 Å². The molecule has 0 aliphatic heterocycles. The third kappa shape index (κ3) is 4.24. The number of hydrogen-bond acceptors (Lipinski definition) is 4. The first-order valence-electron chi connectivity index (χ1n) is 6.69. The van der Waals surface area contributed by atoms with Gasteiger partial charge in [-0.05, 0) is 32.0 Å². The van der Waals surface area contributed by atoms with E-state index in [-0.39, 0.29) is 11.6 Å². The largest absolute Gasteiger partial charge is 0.490 e. The third-order valence-electron chi connectivity index (χ3n) is 2.81. The van der Waals surface area contributed by atoms with E-state index in [1.807, 2.05) is 24.7 Å². The maximum absolute atomic E-state index is 10.8. The van der Waals surface area contributed by atoms with Gasteiger partial charge in [-0.3, -0.25) is 4.68 Å². The fourth-order valence-electron chi connectivity index (χ4n) is 1.72. The van der Waals surface area contributed by atoms with Gasteiger partial charge < -0.3 is 14.6 Å². The van der Waals surface area contributed by atoms with E-state index in [9.17, 15) is 4.79 Å². The first-order chi connectivity index (χ1) is 10.1. The summed E-state index contributed by atoms with van der Waals surface area (Å²) in [5.74, 6) is 0.223. The Labute approximate surface area is 122 Å². The summed E-state index contributed by atoms with van der Waals surface area (Å²) >= 11 is 0. The van der Waals surface area contributed by atoms with E-state index in [0.717, 1.165) is 0 Å². The van der Waals surface area contributed by atoms with Crippen LogP contribution in [0.25, 0.3) is 0 Å². The van der Waals surface area contributed by atoms with E-state index < -0.39 is 5.97 Å². The highest BCUT2D eigenvalue weighted by Gasteiger charge is 2.05. The van der Waals surface area contributed by atoms with E-state index in [4.69, 9.17) is 14.6 Å². The number of nitrogens with zero attached hydrogens (tertiary/aromatic N) is 2. The molecule has 1 N–H and O–H groups in total. The van der Waals surface area contributed by atoms with Crippen LogP contribution in [0.3, 0.4) is 0 Å². The number of hydrogen-bond donors (Lipinski definition) is 1. The number of carboxylic acids is 1. The second-order valence-electron chi connectivity index (χ2n) is 4.78. The zero-order valence-corrected chi connectivity index (χ0v) is 12.0. The summed E-state index contributed by atoms with van der Waals surface area (Å²) in [4.78, 5) is 10.8. The third-order valence-corrected chi connectivity index (χ3v) is 2.81. The predicted octanol–water partition coefficient (Wildman–Crippen LogP) is 2.62. The molecule has 0 fully saturated rings. The first kappa shape index (κ1) is 14.9. The number of carboxylic acid groups (broad SMARTS) is 1. The molecule has 0 aliphatic rings. The number of aromatic carboxylic acids is 1. The highest BCUT2D eigenvalue weighted by molar-refractivity contribution is 5.87. The zero-order valence-electron chi connectivity index (χ0n) is 12.0. The van der Waals surface area contributed by atoms with Gasteiger partial charge in [-0.2, -0.15) is 5.10 Å². The summed E-state index contributed by atoms with van der Waals surface area (Å²) < 4.78 is 12.8. The Hall–Kier alpha value is -2.50. The van der Waals surface area contributed by atoms with Crippen molar-refractivity contribution in [3.8, 4) is 11.5 Å². The summed E-state index contributed by atoms with van der Waals surface area (Å²) in [5.41, 5.74) is 0.201. The SMILES string of the molecule is CC(C)n1cc(OCCOc2cccc(C(=O)O)c2)cn1. The molecule has 2 rings (SSSR count). The van der Waals surface area contributed by atoms with Crippen LogP contribution < -0.4 is 9.47 Å². The van der Waals surface area contributed by atoms with Crippen molar-refractivity contribution in [2.75, 3.05) is 13.2 Å². The molecular formula is C15H18N2O4. The van der Waals surface area contributed by atoms with Gasteiger partial charge in [0.15, 0.2) is 5.75 Å². The van der Waals surface area contributed by atoms with Gasteiger partial charge >= 0.3 is 5.97 Å². The lowest BCUT2D eigenvalue weighted by molar-refractivity contribution is 0.0696. The van der Waals surface area contributed by atoms with Crippen molar-refractivity contribution in [1.82, 2.24) is 9.78 Å². The fourth-order valence-corrected chi connectivity index (χ4v) is 1.72. The van der Waals surface area contributed by atoms with Crippen molar-refractivity contribution in [3.63, 3.8) is 0 Å². The van der Waals surface area contributed by atoms with Crippen LogP contribution in [0.1, 0.15) is 30.2 Å². The molecule has 0 bridgehead atoms. The van der Waals surface area contributed by atoms with E-state index in [2.05, 4.69) is 5.10 Å². The van der Waals surface area contributed by atoms with Gasteiger partial charge in [0.25, 0.3) is 0 Å². The van der Waals surface area contributed by atoms with Crippen molar-refractivity contribution in [2.45, 2.75) is 19.9 Å². The van der Waals surface area contributed by atoms with E-state index >= 15 is 0 Å². The Bertz CT molecular complexity index is 607. The average Bonchev–Trinajstić information content (AvgIpc) is 2.93. The molecule has 6 nitrogen and oxygen atoms in total. The summed E-state index contributed by atoms with van der Waals surface area (Å²) in [5, 5.41) is 13.1. The molecule has 0 saturated heterocycles. The van der Waals surface area contributed by atoms with Gasteiger partial charge in [-0.1, -0.05) is 6.07 Å². The molecule has 0 aliphatic carbocycles. The number of rotatable bonds is 7. The minimum atomic E-state index is -0.974. The highest BCUT2D eigenvalue weighted by atomic mass is 16.5. The van der Waals surface area contributed by atoms with Crippen LogP contribution in [-0.4, -0.2) is 34.1 Å². The van der Waals surface area contributed by atoms with Gasteiger partial charge in [0.2, 0.25) is 0 Å². The Balaban J connectivity index is 1.79. The highest BCUT2D eigenvalue weighted by Crippen LogP contribution is 2.14. The molecule has 1 aromatic heterocycles. The quantitative estimate of drug-likeness (QED) is 0.793. The molecule has 0 amide bonds. The minimum Gasteiger partial charge on any atom is -0.490 e. The first-order valence-corrected chi connectivity index (χ1v) is 6.69.